The van der Waals surface area contributed by atoms with Crippen molar-refractivity contribution in [2.45, 2.75) is 70.1 Å². The highest BCUT2D eigenvalue weighted by Gasteiger charge is 2.35. The summed E-state index contributed by atoms with van der Waals surface area (Å²) in [5.41, 5.74) is 5.31. The third-order valence-electron chi connectivity index (χ3n) is 9.98. The number of nitrogens with zero attached hydrogens (tertiary/aromatic N) is 5. The summed E-state index contributed by atoms with van der Waals surface area (Å²) in [5.74, 6) is -0.0138. The molecular formula is C33H42N8O3. The molecule has 0 saturated carbocycles. The summed E-state index contributed by atoms with van der Waals surface area (Å²) < 4.78 is 0. The molecule has 5 amide bonds. The number of carbonyl (C=O) groups is 3. The van der Waals surface area contributed by atoms with Crippen molar-refractivity contribution in [1.82, 2.24) is 35.1 Å². The van der Waals surface area contributed by atoms with Crippen LogP contribution in [-0.4, -0.2) is 99.1 Å². The Kier molecular flexibility index (Phi) is 8.12. The van der Waals surface area contributed by atoms with Crippen LogP contribution in [0.25, 0.3) is 10.9 Å². The van der Waals surface area contributed by atoms with Gasteiger partial charge in [0.15, 0.2) is 0 Å². The van der Waals surface area contributed by atoms with Crippen molar-refractivity contribution in [3.8, 4) is 0 Å². The minimum atomic E-state index is -0.584. The molecule has 3 aromatic rings. The van der Waals surface area contributed by atoms with Crippen molar-refractivity contribution < 1.29 is 14.4 Å². The van der Waals surface area contributed by atoms with Gasteiger partial charge in [-0.2, -0.15) is 5.10 Å². The predicted molar refractivity (Wildman–Crippen MR) is 168 cm³/mol. The van der Waals surface area contributed by atoms with E-state index in [4.69, 9.17) is 0 Å². The predicted octanol–water partition coefficient (Wildman–Crippen LogP) is 3.91. The van der Waals surface area contributed by atoms with Gasteiger partial charge in [0.05, 0.1) is 11.7 Å². The molecule has 0 unspecified atom stereocenters. The number of rotatable bonds is 5. The SMILES string of the molecule is O=C(N[C@@H]1CCc2ccc3[nH]ncc3c2CN(CCN2CCCCC2)C1=O)N1CCC(N2Cc3ccccc3NC2=O)CC1. The quantitative estimate of drug-likeness (QED) is 0.412. The van der Waals surface area contributed by atoms with E-state index in [9.17, 15) is 14.4 Å². The van der Waals surface area contributed by atoms with Crippen LogP contribution in [0.2, 0.25) is 0 Å². The van der Waals surface area contributed by atoms with Crippen LogP contribution in [0.4, 0.5) is 15.3 Å². The molecule has 0 bridgehead atoms. The molecule has 5 heterocycles. The van der Waals surface area contributed by atoms with Gasteiger partial charge in [0.2, 0.25) is 5.91 Å². The number of amides is 5. The summed E-state index contributed by atoms with van der Waals surface area (Å²) in [4.78, 5) is 48.5. The lowest BCUT2D eigenvalue weighted by Gasteiger charge is -2.41. The van der Waals surface area contributed by atoms with Crippen molar-refractivity contribution in [3.63, 3.8) is 0 Å². The average molecular weight is 599 g/mol. The van der Waals surface area contributed by atoms with Crippen molar-refractivity contribution >= 4 is 34.6 Å². The molecule has 44 heavy (non-hydrogen) atoms. The van der Waals surface area contributed by atoms with E-state index in [1.165, 1.54) is 24.8 Å². The van der Waals surface area contributed by atoms with Gasteiger partial charge >= 0.3 is 12.1 Å². The molecular weight excluding hydrogens is 556 g/mol. The van der Waals surface area contributed by atoms with Crippen LogP contribution in [0.1, 0.15) is 55.2 Å². The van der Waals surface area contributed by atoms with E-state index in [1.54, 1.807) is 4.90 Å². The topological polar surface area (TPSA) is 117 Å². The molecule has 3 N–H and O–H groups in total. The van der Waals surface area contributed by atoms with Crippen LogP contribution in [0, 0.1) is 0 Å². The van der Waals surface area contributed by atoms with Crippen molar-refractivity contribution in [2.75, 3.05) is 44.6 Å². The number of carbonyl (C=O) groups excluding carboxylic acids is 3. The molecule has 2 saturated heterocycles. The van der Waals surface area contributed by atoms with Crippen LogP contribution in [-0.2, 0) is 24.3 Å². The molecule has 2 fully saturated rings. The molecule has 232 valence electrons. The number of piperidine rings is 2. The number of fused-ring (bicyclic) bond motifs is 4. The highest BCUT2D eigenvalue weighted by atomic mass is 16.2. The summed E-state index contributed by atoms with van der Waals surface area (Å²) in [6.07, 6.45) is 8.21. The van der Waals surface area contributed by atoms with E-state index < -0.39 is 6.04 Å². The summed E-state index contributed by atoms with van der Waals surface area (Å²) in [7, 11) is 0. The molecule has 0 spiro atoms. The normalized spacial score (nSPS) is 21.8. The van der Waals surface area contributed by atoms with Crippen molar-refractivity contribution in [2.24, 2.45) is 0 Å². The molecule has 0 aliphatic carbocycles. The minimum absolute atomic E-state index is 0.0138. The van der Waals surface area contributed by atoms with Gasteiger partial charge in [0.1, 0.15) is 6.04 Å². The monoisotopic (exact) mass is 598 g/mol. The molecule has 0 radical (unpaired) electrons. The minimum Gasteiger partial charge on any atom is -0.335 e. The number of urea groups is 2. The smallest absolute Gasteiger partial charge is 0.322 e. The fourth-order valence-electron chi connectivity index (χ4n) is 7.36. The maximum absolute atomic E-state index is 14.1. The molecule has 11 nitrogen and oxygen atoms in total. The molecule has 1 aromatic heterocycles. The van der Waals surface area contributed by atoms with Crippen molar-refractivity contribution in [3.05, 3.63) is 59.3 Å². The summed E-state index contributed by atoms with van der Waals surface area (Å²) >= 11 is 0. The molecule has 7 rings (SSSR count). The molecule has 1 atom stereocenters. The summed E-state index contributed by atoms with van der Waals surface area (Å²) in [5, 5.41) is 14.5. The summed E-state index contributed by atoms with van der Waals surface area (Å²) in [6, 6.07) is 11.3. The lowest BCUT2D eigenvalue weighted by molar-refractivity contribution is -0.134. The number of aryl methyl sites for hydroxylation is 1. The Balaban J connectivity index is 1.02. The number of aromatic amines is 1. The number of aromatic nitrogens is 2. The zero-order chi connectivity index (χ0) is 30.0. The first-order valence-corrected chi connectivity index (χ1v) is 16.2. The highest BCUT2D eigenvalue weighted by molar-refractivity contribution is 5.92. The lowest BCUT2D eigenvalue weighted by Crippen LogP contribution is -2.56. The molecule has 11 heteroatoms. The van der Waals surface area contributed by atoms with E-state index in [2.05, 4.69) is 37.9 Å². The maximum atomic E-state index is 14.1. The Morgan fingerprint density at radius 2 is 1.73 bits per heavy atom. The summed E-state index contributed by atoms with van der Waals surface area (Å²) in [6.45, 7) is 5.80. The lowest BCUT2D eigenvalue weighted by atomic mass is 9.94. The number of benzene rings is 2. The van der Waals surface area contributed by atoms with Gasteiger partial charge < -0.3 is 30.2 Å². The van der Waals surface area contributed by atoms with Gasteiger partial charge in [-0.25, -0.2) is 9.59 Å². The number of nitrogens with one attached hydrogen (secondary N) is 3. The second-order valence-corrected chi connectivity index (χ2v) is 12.7. The Bertz CT molecular complexity index is 1520. The first kappa shape index (κ1) is 28.6. The van der Waals surface area contributed by atoms with Crippen LogP contribution in [0.15, 0.2) is 42.6 Å². The number of H-pyrrole nitrogens is 1. The van der Waals surface area contributed by atoms with Gasteiger partial charge in [-0.05, 0) is 80.4 Å². The largest absolute Gasteiger partial charge is 0.335 e. The van der Waals surface area contributed by atoms with Crippen LogP contribution < -0.4 is 10.6 Å². The van der Waals surface area contributed by atoms with E-state index in [-0.39, 0.29) is 24.0 Å². The van der Waals surface area contributed by atoms with E-state index in [0.717, 1.165) is 47.4 Å². The molecule has 4 aliphatic heterocycles. The number of anilines is 1. The second kappa shape index (κ2) is 12.5. The van der Waals surface area contributed by atoms with Crippen LogP contribution in [0.5, 0.6) is 0 Å². The Morgan fingerprint density at radius 3 is 2.57 bits per heavy atom. The third kappa shape index (κ3) is 5.85. The number of para-hydroxylation sites is 1. The fourth-order valence-corrected chi connectivity index (χ4v) is 7.36. The second-order valence-electron chi connectivity index (χ2n) is 12.7. The maximum Gasteiger partial charge on any atom is 0.322 e. The fraction of sp³-hybridized carbons (Fsp3) is 0.515. The van der Waals surface area contributed by atoms with Gasteiger partial charge in [-0.15, -0.1) is 0 Å². The molecule has 4 aliphatic rings. The first-order chi connectivity index (χ1) is 21.5. The van der Waals surface area contributed by atoms with Gasteiger partial charge in [-0.3, -0.25) is 9.89 Å². The Morgan fingerprint density at radius 1 is 0.909 bits per heavy atom. The zero-order valence-corrected chi connectivity index (χ0v) is 25.3. The number of hydrogen-bond acceptors (Lipinski definition) is 5. The number of hydrogen-bond donors (Lipinski definition) is 3. The third-order valence-corrected chi connectivity index (χ3v) is 9.98. The van der Waals surface area contributed by atoms with Crippen LogP contribution >= 0.6 is 0 Å². The van der Waals surface area contributed by atoms with E-state index >= 15 is 0 Å². The first-order valence-electron chi connectivity index (χ1n) is 16.2. The van der Waals surface area contributed by atoms with E-state index in [0.29, 0.717) is 58.4 Å². The standard InChI is InChI=1S/C33H42N8O3/c42-31-30(36-32(43)39-16-12-25(13-17-39)41-21-24-6-2-3-7-28(24)35-33(41)44)11-9-23-8-10-29-26(20-34-37-29)27(23)22-40(31)19-18-38-14-4-1-5-15-38/h2-3,6-8,10,20,25,30H,1,4-5,9,11-19,21-22H2,(H,34,37)(H,35,44)(H,36,43)/t30-/m1/s1. The average Bonchev–Trinajstić information content (AvgIpc) is 3.54. The van der Waals surface area contributed by atoms with Gasteiger partial charge in [-0.1, -0.05) is 30.7 Å². The van der Waals surface area contributed by atoms with Crippen LogP contribution in [0.3, 0.4) is 0 Å². The highest BCUT2D eigenvalue weighted by Crippen LogP contribution is 2.29. The van der Waals surface area contributed by atoms with Gasteiger partial charge in [0, 0.05) is 56.4 Å². The Hall–Kier alpha value is -4.12. The van der Waals surface area contributed by atoms with Gasteiger partial charge in [0.25, 0.3) is 0 Å². The van der Waals surface area contributed by atoms with Crippen molar-refractivity contribution in [1.29, 1.82) is 0 Å². The van der Waals surface area contributed by atoms with E-state index in [1.807, 2.05) is 40.3 Å². The number of likely N-dealkylation sites (tertiary alicyclic amines) is 2. The Labute approximate surface area is 257 Å². The zero-order valence-electron chi connectivity index (χ0n) is 25.3. The molecule has 2 aromatic carbocycles.